The van der Waals surface area contributed by atoms with E-state index in [2.05, 4.69) is 19.8 Å². The van der Waals surface area contributed by atoms with Crippen LogP contribution in [0.1, 0.15) is 35.9 Å². The van der Waals surface area contributed by atoms with Gasteiger partial charge in [0, 0.05) is 35.9 Å². The molecular weight excluding hydrogens is 455 g/mol. The summed E-state index contributed by atoms with van der Waals surface area (Å²) in [6, 6.07) is 7.21. The number of carbonyl (C=O) groups is 1. The van der Waals surface area contributed by atoms with E-state index >= 15 is 0 Å². The van der Waals surface area contributed by atoms with E-state index in [9.17, 15) is 14.5 Å². The van der Waals surface area contributed by atoms with Crippen molar-refractivity contribution < 1.29 is 28.8 Å². The summed E-state index contributed by atoms with van der Waals surface area (Å²) in [5.74, 6) is 0.348. The maximum absolute atomic E-state index is 12.7. The lowest BCUT2D eigenvalue weighted by atomic mass is 10.1. The predicted molar refractivity (Wildman–Crippen MR) is 125 cm³/mol. The number of hydrogen-bond donors (Lipinski definition) is 6. The van der Waals surface area contributed by atoms with Crippen molar-refractivity contribution in [1.82, 2.24) is 15.3 Å². The maximum atomic E-state index is 12.7. The van der Waals surface area contributed by atoms with Gasteiger partial charge in [0.15, 0.2) is 0 Å². The standard InChI is InChI=1S/C20H27N4O6PS/c1-12-5-4-6-15(9-12)20(26)32-17(7-8-30-31(27,28)29)13(2)19(25)23-11-16-10-22-14(3)24-18(16)21/h4-6,9-10,26,32H,7-8,11H2,1-3H3,(H,23,25)(H2,21,22,24)(H2,27,28,29)/b17-13-. The van der Waals surface area contributed by atoms with Gasteiger partial charge in [-0.1, -0.05) is 23.8 Å². The summed E-state index contributed by atoms with van der Waals surface area (Å²) >= 11 is 0.321. The molecule has 0 saturated carbocycles. The van der Waals surface area contributed by atoms with Crippen LogP contribution in [0.4, 0.5) is 5.82 Å². The largest absolute Gasteiger partial charge is 0.469 e. The van der Waals surface area contributed by atoms with Crippen LogP contribution < -0.4 is 11.1 Å². The molecule has 2 aromatic rings. The molecule has 1 aromatic carbocycles. The average Bonchev–Trinajstić information content (AvgIpc) is 2.70. The summed E-state index contributed by atoms with van der Waals surface area (Å²) in [6.07, 6.45) is 1.55. The van der Waals surface area contributed by atoms with E-state index in [0.29, 0.717) is 33.2 Å². The van der Waals surface area contributed by atoms with Crippen LogP contribution in [0.5, 0.6) is 0 Å². The van der Waals surface area contributed by atoms with Gasteiger partial charge in [-0.25, -0.2) is 14.5 Å². The van der Waals surface area contributed by atoms with Gasteiger partial charge in [-0.3, -0.25) is 9.32 Å². The van der Waals surface area contributed by atoms with E-state index in [1.54, 1.807) is 32.0 Å². The Kier molecular flexibility index (Phi) is 9.26. The molecule has 2 rings (SSSR count). The summed E-state index contributed by atoms with van der Waals surface area (Å²) in [6.45, 7) is 4.93. The van der Waals surface area contributed by atoms with Gasteiger partial charge in [0.05, 0.1) is 6.61 Å². The molecule has 1 aromatic heterocycles. The van der Waals surface area contributed by atoms with Crippen molar-refractivity contribution in [2.24, 2.45) is 0 Å². The van der Waals surface area contributed by atoms with E-state index < -0.39 is 13.7 Å². The number of aromatic nitrogens is 2. The molecule has 0 radical (unpaired) electrons. The first-order chi connectivity index (χ1) is 15.0. The maximum Gasteiger partial charge on any atom is 0.469 e. The Labute approximate surface area is 189 Å². The van der Waals surface area contributed by atoms with E-state index in [-0.39, 0.29) is 36.0 Å². The number of benzene rings is 1. The van der Waals surface area contributed by atoms with Crippen molar-refractivity contribution in [3.05, 3.63) is 63.5 Å². The lowest BCUT2D eigenvalue weighted by Gasteiger charge is -2.13. The Balaban J connectivity index is 2.26. The van der Waals surface area contributed by atoms with Gasteiger partial charge >= 0.3 is 7.82 Å². The number of thiol groups is 1. The van der Waals surface area contributed by atoms with Crippen molar-refractivity contribution in [2.75, 3.05) is 12.3 Å². The van der Waals surface area contributed by atoms with Crippen LogP contribution in [0.15, 0.2) is 40.9 Å². The molecule has 0 saturated heterocycles. The van der Waals surface area contributed by atoms with Gasteiger partial charge in [0.2, 0.25) is 5.91 Å². The van der Waals surface area contributed by atoms with Gasteiger partial charge in [-0.15, -0.1) is 11.4 Å². The number of amides is 1. The smallest absolute Gasteiger partial charge is 0.383 e. The third-order valence-corrected chi connectivity index (χ3v) is 6.16. The number of aliphatic hydroxyl groups is 1. The first-order valence-corrected chi connectivity index (χ1v) is 12.0. The van der Waals surface area contributed by atoms with Crippen LogP contribution in [0.2, 0.25) is 0 Å². The summed E-state index contributed by atoms with van der Waals surface area (Å²) in [4.78, 5) is 39.2. The molecule has 0 fully saturated rings. The molecular formula is C20H27N4O6PS. The van der Waals surface area contributed by atoms with Crippen molar-refractivity contribution in [3.63, 3.8) is 0 Å². The second kappa shape index (κ2) is 11.5. The third kappa shape index (κ3) is 8.27. The van der Waals surface area contributed by atoms with Crippen LogP contribution in [0.3, 0.4) is 0 Å². The van der Waals surface area contributed by atoms with E-state index in [0.717, 1.165) is 5.56 Å². The lowest BCUT2D eigenvalue weighted by Crippen LogP contribution is -2.25. The highest BCUT2D eigenvalue weighted by molar-refractivity contribution is 8.02. The van der Waals surface area contributed by atoms with E-state index in [1.165, 1.54) is 6.20 Å². The number of carbonyl (C=O) groups excluding carboxylic acids is 1. The number of nitrogens with zero attached hydrogens (tertiary/aromatic N) is 2. The minimum Gasteiger partial charge on any atom is -0.383 e. The second-order valence-corrected chi connectivity index (χ2v) is 9.39. The summed E-state index contributed by atoms with van der Waals surface area (Å²) in [5.41, 5.74) is 8.22. The molecule has 0 spiro atoms. The molecule has 0 aliphatic carbocycles. The summed E-state index contributed by atoms with van der Waals surface area (Å²) in [5, 5.41) is 13.3. The molecule has 12 heteroatoms. The van der Waals surface area contributed by atoms with Crippen molar-refractivity contribution in [1.29, 1.82) is 0 Å². The lowest BCUT2D eigenvalue weighted by molar-refractivity contribution is -0.117. The molecule has 1 amide bonds. The second-order valence-electron chi connectivity index (χ2n) is 6.96. The summed E-state index contributed by atoms with van der Waals surface area (Å²) in [7, 11) is -4.66. The molecule has 0 bridgehead atoms. The van der Waals surface area contributed by atoms with E-state index in [4.69, 9.17) is 15.5 Å². The number of rotatable bonds is 9. The van der Waals surface area contributed by atoms with Crippen molar-refractivity contribution >= 4 is 35.9 Å². The van der Waals surface area contributed by atoms with Gasteiger partial charge in [-0.2, -0.15) is 0 Å². The minimum atomic E-state index is -4.66. The summed E-state index contributed by atoms with van der Waals surface area (Å²) < 4.78 is 15.5. The fraction of sp³-hybridized carbons (Fsp3) is 0.300. The molecule has 174 valence electrons. The zero-order valence-corrected chi connectivity index (χ0v) is 19.7. The number of aryl methyl sites for hydroxylation is 2. The number of nitrogens with two attached hydrogens (primary N) is 1. The number of aliphatic hydroxyl groups excluding tert-OH is 1. The zero-order chi connectivity index (χ0) is 23.9. The molecule has 32 heavy (non-hydrogen) atoms. The van der Waals surface area contributed by atoms with Gasteiger partial charge in [0.1, 0.15) is 16.7 Å². The van der Waals surface area contributed by atoms with Crippen LogP contribution >= 0.6 is 19.2 Å². The topological polar surface area (TPSA) is 168 Å². The highest BCUT2D eigenvalue weighted by atomic mass is 32.1. The number of phosphoric ester groups is 1. The van der Waals surface area contributed by atoms with Gasteiger partial charge in [-0.05, 0) is 31.7 Å². The van der Waals surface area contributed by atoms with Crippen LogP contribution in [0, 0.1) is 13.8 Å². The van der Waals surface area contributed by atoms with Crippen LogP contribution in [-0.4, -0.2) is 42.4 Å². The first kappa shape index (κ1) is 25.9. The molecule has 0 atom stereocenters. The Morgan fingerprint density at radius 3 is 2.66 bits per heavy atom. The average molecular weight is 482 g/mol. The number of nitrogen functional groups attached to an aromatic ring is 1. The molecule has 0 aliphatic heterocycles. The third-order valence-electron chi connectivity index (χ3n) is 4.35. The van der Waals surface area contributed by atoms with Crippen molar-refractivity contribution in [2.45, 2.75) is 33.7 Å². The SMILES string of the molecule is C/C(C(=O)NCc1cnc(C)nc1N)=C(CCOP(=O)(O)O)/[SH]=C(\O)c1cccc(C)c1. The molecule has 1 heterocycles. The monoisotopic (exact) mass is 482 g/mol. The molecule has 0 aliphatic rings. The number of nitrogens with one attached hydrogen (secondary N) is 1. The van der Waals surface area contributed by atoms with Crippen LogP contribution in [-0.2, 0) is 20.4 Å². The normalized spacial score (nSPS) is 13.2. The van der Waals surface area contributed by atoms with Crippen LogP contribution in [0.25, 0.3) is 0 Å². The number of phosphoric acid groups is 1. The fourth-order valence-electron chi connectivity index (χ4n) is 2.65. The quantitative estimate of drug-likeness (QED) is 0.136. The molecule has 6 N–H and O–H groups in total. The highest BCUT2D eigenvalue weighted by Gasteiger charge is 2.16. The van der Waals surface area contributed by atoms with Crippen molar-refractivity contribution in [3.8, 4) is 0 Å². The highest BCUT2D eigenvalue weighted by Crippen LogP contribution is 2.36. The fourth-order valence-corrected chi connectivity index (χ4v) is 3.98. The Morgan fingerprint density at radius 1 is 1.31 bits per heavy atom. The number of anilines is 1. The molecule has 10 nitrogen and oxygen atoms in total. The molecule has 0 unspecified atom stereocenters. The minimum absolute atomic E-state index is 0.00297. The van der Waals surface area contributed by atoms with E-state index in [1.807, 2.05) is 13.0 Å². The number of hydrogen-bond acceptors (Lipinski definition) is 6. The van der Waals surface area contributed by atoms with Gasteiger partial charge in [0.25, 0.3) is 0 Å². The Bertz CT molecular complexity index is 1100. The zero-order valence-electron chi connectivity index (χ0n) is 17.9. The Hall–Kier alpha value is -2.40. The predicted octanol–water partition coefficient (Wildman–Crippen LogP) is 2.27. The van der Waals surface area contributed by atoms with Gasteiger partial charge < -0.3 is 25.9 Å². The Morgan fingerprint density at radius 2 is 2.03 bits per heavy atom. The first-order valence-electron chi connectivity index (χ1n) is 9.57.